The van der Waals surface area contributed by atoms with Gasteiger partial charge in [-0.1, -0.05) is 0 Å². The zero-order chi connectivity index (χ0) is 12.8. The number of hydrazine groups is 1. The summed E-state index contributed by atoms with van der Waals surface area (Å²) in [5, 5.41) is 5.69. The molecule has 1 rings (SSSR count). The molecule has 0 aliphatic heterocycles. The number of nitrogens with zero attached hydrogens (tertiary/aromatic N) is 3. The van der Waals surface area contributed by atoms with Crippen molar-refractivity contribution in [1.82, 2.24) is 20.2 Å². The lowest BCUT2D eigenvalue weighted by Gasteiger charge is -2.21. The molecule has 3 N–H and O–H groups in total. The second-order valence-corrected chi connectivity index (χ2v) is 4.07. The van der Waals surface area contributed by atoms with Gasteiger partial charge in [0.15, 0.2) is 5.11 Å². The molecule has 0 saturated carbocycles. The molecule has 6 nitrogen and oxygen atoms in total. The van der Waals surface area contributed by atoms with Gasteiger partial charge in [0.1, 0.15) is 0 Å². The van der Waals surface area contributed by atoms with Gasteiger partial charge in [0.2, 0.25) is 5.91 Å². The van der Waals surface area contributed by atoms with Crippen LogP contribution in [0.4, 0.5) is 0 Å². The smallest absolute Gasteiger partial charge is 0.240 e. The van der Waals surface area contributed by atoms with Gasteiger partial charge in [0.05, 0.1) is 6.20 Å². The van der Waals surface area contributed by atoms with E-state index in [1.807, 2.05) is 20.0 Å². The summed E-state index contributed by atoms with van der Waals surface area (Å²) < 4.78 is 1.73. The summed E-state index contributed by atoms with van der Waals surface area (Å²) in [6.45, 7) is 4.89. The zero-order valence-corrected chi connectivity index (χ0v) is 10.8. The summed E-state index contributed by atoms with van der Waals surface area (Å²) in [6.07, 6.45) is 3.98. The molecular formula is C10H17N5OS. The van der Waals surface area contributed by atoms with E-state index in [-0.39, 0.29) is 11.0 Å². The Bertz CT molecular complexity index is 403. The number of nitrogens with one attached hydrogen (secondary N) is 1. The van der Waals surface area contributed by atoms with Crippen LogP contribution in [-0.2, 0) is 11.3 Å². The summed E-state index contributed by atoms with van der Waals surface area (Å²) in [5.41, 5.74) is 9.13. The fourth-order valence-corrected chi connectivity index (χ4v) is 1.48. The van der Waals surface area contributed by atoms with Crippen molar-refractivity contribution in [3.05, 3.63) is 18.0 Å². The Balaban J connectivity index is 2.37. The number of thiocarbonyl (C=S) groups is 1. The van der Waals surface area contributed by atoms with Crippen molar-refractivity contribution in [2.75, 3.05) is 6.54 Å². The maximum Gasteiger partial charge on any atom is 0.240 e. The van der Waals surface area contributed by atoms with Gasteiger partial charge in [-0.15, -0.1) is 0 Å². The molecule has 17 heavy (non-hydrogen) atoms. The highest BCUT2D eigenvalue weighted by Crippen LogP contribution is 1.96. The van der Waals surface area contributed by atoms with E-state index in [9.17, 15) is 4.79 Å². The lowest BCUT2D eigenvalue weighted by Crippen LogP contribution is -2.48. The molecule has 0 fully saturated rings. The first-order chi connectivity index (χ1) is 8.02. The van der Waals surface area contributed by atoms with Crippen LogP contribution in [-0.4, -0.2) is 32.4 Å². The van der Waals surface area contributed by atoms with Crippen LogP contribution >= 0.6 is 12.2 Å². The van der Waals surface area contributed by atoms with Crippen LogP contribution in [0.15, 0.2) is 12.4 Å². The Kier molecular flexibility index (Phi) is 4.89. The highest BCUT2D eigenvalue weighted by Gasteiger charge is 2.08. The highest BCUT2D eigenvalue weighted by atomic mass is 32.1. The molecule has 1 aromatic rings. The summed E-state index contributed by atoms with van der Waals surface area (Å²) in [7, 11) is 0. The van der Waals surface area contributed by atoms with Crippen molar-refractivity contribution in [2.24, 2.45) is 5.73 Å². The quantitative estimate of drug-likeness (QED) is 0.593. The summed E-state index contributed by atoms with van der Waals surface area (Å²) in [4.78, 5) is 11.6. The molecule has 94 valence electrons. The number of aromatic nitrogens is 2. The van der Waals surface area contributed by atoms with E-state index in [1.54, 1.807) is 10.9 Å². The van der Waals surface area contributed by atoms with Gasteiger partial charge in [-0.25, -0.2) is 0 Å². The molecule has 0 saturated heterocycles. The largest absolute Gasteiger partial charge is 0.375 e. The van der Waals surface area contributed by atoms with Crippen LogP contribution in [0.3, 0.4) is 0 Å². The normalized spacial score (nSPS) is 10.0. The Morgan fingerprint density at radius 3 is 2.88 bits per heavy atom. The highest BCUT2D eigenvalue weighted by molar-refractivity contribution is 7.80. The van der Waals surface area contributed by atoms with Crippen LogP contribution in [0.25, 0.3) is 0 Å². The number of carbonyl (C=O) groups excluding carboxylic acids is 1. The molecule has 0 aliphatic carbocycles. The van der Waals surface area contributed by atoms with E-state index < -0.39 is 0 Å². The summed E-state index contributed by atoms with van der Waals surface area (Å²) in [5.74, 6) is -0.132. The van der Waals surface area contributed by atoms with E-state index in [1.165, 1.54) is 5.01 Å². The van der Waals surface area contributed by atoms with Crippen LogP contribution < -0.4 is 11.2 Å². The summed E-state index contributed by atoms with van der Waals surface area (Å²) in [6, 6.07) is 0. The standard InChI is InChI=1S/C10H17N5OS/c1-3-15(10(11)17)13-9(16)4-5-14-7-8(2)6-12-14/h6-7H,3-5H2,1-2H3,(H2,11,17)(H,13,16). The number of hydrogen-bond acceptors (Lipinski definition) is 3. The van der Waals surface area contributed by atoms with E-state index in [0.29, 0.717) is 19.5 Å². The minimum absolute atomic E-state index is 0.132. The topological polar surface area (TPSA) is 76.2 Å². The predicted octanol–water partition coefficient (Wildman–Crippen LogP) is 0.178. The zero-order valence-electron chi connectivity index (χ0n) is 10.0. The molecular weight excluding hydrogens is 238 g/mol. The van der Waals surface area contributed by atoms with Crippen molar-refractivity contribution in [2.45, 2.75) is 26.8 Å². The lowest BCUT2D eigenvalue weighted by molar-refractivity contribution is -0.124. The Morgan fingerprint density at radius 1 is 1.71 bits per heavy atom. The number of carbonyl (C=O) groups is 1. The van der Waals surface area contributed by atoms with Crippen LogP contribution in [0.5, 0.6) is 0 Å². The maximum atomic E-state index is 11.6. The van der Waals surface area contributed by atoms with Gasteiger partial charge < -0.3 is 5.73 Å². The minimum Gasteiger partial charge on any atom is -0.375 e. The van der Waals surface area contributed by atoms with E-state index in [0.717, 1.165) is 5.56 Å². The van der Waals surface area contributed by atoms with Crippen molar-refractivity contribution >= 4 is 23.2 Å². The fraction of sp³-hybridized carbons (Fsp3) is 0.500. The van der Waals surface area contributed by atoms with Crippen LogP contribution in [0.2, 0.25) is 0 Å². The molecule has 0 atom stereocenters. The Labute approximate surface area is 106 Å². The second-order valence-electron chi connectivity index (χ2n) is 3.65. The van der Waals surface area contributed by atoms with Crippen molar-refractivity contribution in [3.8, 4) is 0 Å². The first-order valence-corrected chi connectivity index (χ1v) is 5.79. The Morgan fingerprint density at radius 2 is 2.41 bits per heavy atom. The van der Waals surface area contributed by atoms with Crippen molar-refractivity contribution < 1.29 is 4.79 Å². The molecule has 1 amide bonds. The number of amides is 1. The Hall–Kier alpha value is -1.63. The number of rotatable bonds is 4. The van der Waals surface area contributed by atoms with Crippen molar-refractivity contribution in [1.29, 1.82) is 0 Å². The average Bonchev–Trinajstić information content (AvgIpc) is 2.68. The predicted molar refractivity (Wildman–Crippen MR) is 68.9 cm³/mol. The van der Waals surface area contributed by atoms with Gasteiger partial charge in [-0.2, -0.15) is 5.10 Å². The molecule has 0 aromatic carbocycles. The number of aryl methyl sites for hydroxylation is 2. The van der Waals surface area contributed by atoms with Gasteiger partial charge in [0, 0.05) is 25.7 Å². The van der Waals surface area contributed by atoms with Gasteiger partial charge in [-0.05, 0) is 31.6 Å². The van der Waals surface area contributed by atoms with Gasteiger partial charge in [0.25, 0.3) is 0 Å². The third kappa shape index (κ3) is 4.39. The average molecular weight is 255 g/mol. The second kappa shape index (κ2) is 6.19. The van der Waals surface area contributed by atoms with E-state index in [4.69, 9.17) is 18.0 Å². The third-order valence-corrected chi connectivity index (χ3v) is 2.39. The van der Waals surface area contributed by atoms with Crippen molar-refractivity contribution in [3.63, 3.8) is 0 Å². The first-order valence-electron chi connectivity index (χ1n) is 5.38. The molecule has 1 aromatic heterocycles. The number of hydrogen-bond donors (Lipinski definition) is 2. The van der Waals surface area contributed by atoms with Crippen LogP contribution in [0, 0.1) is 6.92 Å². The summed E-state index contributed by atoms with van der Waals surface area (Å²) >= 11 is 4.79. The minimum atomic E-state index is -0.132. The van der Waals surface area contributed by atoms with Gasteiger partial charge >= 0.3 is 0 Å². The molecule has 0 bridgehead atoms. The monoisotopic (exact) mass is 255 g/mol. The molecule has 0 radical (unpaired) electrons. The number of nitrogens with two attached hydrogens (primary N) is 1. The van der Waals surface area contributed by atoms with E-state index in [2.05, 4.69) is 10.5 Å². The third-order valence-electron chi connectivity index (χ3n) is 2.17. The molecule has 0 aliphatic rings. The molecule has 0 spiro atoms. The van der Waals surface area contributed by atoms with E-state index >= 15 is 0 Å². The van der Waals surface area contributed by atoms with Gasteiger partial charge in [-0.3, -0.25) is 19.9 Å². The molecule has 7 heteroatoms. The molecule has 0 unspecified atom stereocenters. The first kappa shape index (κ1) is 13.4. The maximum absolute atomic E-state index is 11.6. The SMILES string of the molecule is CCN(NC(=O)CCn1cc(C)cn1)C(N)=S. The fourth-order valence-electron chi connectivity index (χ4n) is 1.30. The van der Waals surface area contributed by atoms with Crippen LogP contribution in [0.1, 0.15) is 18.9 Å². The molecule has 1 heterocycles. The lowest BCUT2D eigenvalue weighted by atomic mass is 10.4.